The van der Waals surface area contributed by atoms with Crippen molar-refractivity contribution in [2.45, 2.75) is 19.0 Å². The van der Waals surface area contributed by atoms with Crippen LogP contribution in [0.15, 0.2) is 6.07 Å². The molecule has 0 saturated heterocycles. The number of halogens is 5. The monoisotopic (exact) mass is 270 g/mol. The highest BCUT2D eigenvalue weighted by atomic mass is 19.4. The first-order valence-corrected chi connectivity index (χ1v) is 4.49. The van der Waals surface area contributed by atoms with E-state index in [9.17, 15) is 26.7 Å². The van der Waals surface area contributed by atoms with Crippen molar-refractivity contribution < 1.29 is 31.9 Å². The standard InChI is InChI=1S/C9H7F5N2O2/c10-7(11)3-1-5(9(12,13)14)16-8(15)4(3)2-6(17)18/h1,7H,2H2,(H2,15,16)(H,17,18). The van der Waals surface area contributed by atoms with Crippen molar-refractivity contribution in [2.24, 2.45) is 0 Å². The zero-order valence-electron chi connectivity index (χ0n) is 8.63. The Morgan fingerprint density at radius 3 is 2.39 bits per heavy atom. The topological polar surface area (TPSA) is 76.2 Å². The fourth-order valence-corrected chi connectivity index (χ4v) is 1.30. The molecule has 0 aliphatic rings. The number of hydrogen-bond acceptors (Lipinski definition) is 3. The van der Waals surface area contributed by atoms with Gasteiger partial charge in [-0.25, -0.2) is 13.8 Å². The van der Waals surface area contributed by atoms with Crippen LogP contribution in [0, 0.1) is 0 Å². The number of carboxylic acids is 1. The van der Waals surface area contributed by atoms with Gasteiger partial charge in [-0.1, -0.05) is 0 Å². The SMILES string of the molecule is Nc1nc(C(F)(F)F)cc(C(F)F)c1CC(=O)O. The van der Waals surface area contributed by atoms with Crippen molar-refractivity contribution in [3.63, 3.8) is 0 Å². The minimum Gasteiger partial charge on any atom is -0.481 e. The smallest absolute Gasteiger partial charge is 0.433 e. The molecule has 0 radical (unpaired) electrons. The Kier molecular flexibility index (Phi) is 3.73. The van der Waals surface area contributed by atoms with Gasteiger partial charge in [0.1, 0.15) is 11.5 Å². The van der Waals surface area contributed by atoms with Gasteiger partial charge in [0.05, 0.1) is 6.42 Å². The van der Waals surface area contributed by atoms with Gasteiger partial charge in [-0.15, -0.1) is 0 Å². The van der Waals surface area contributed by atoms with Gasteiger partial charge in [0.25, 0.3) is 6.43 Å². The molecule has 0 aliphatic heterocycles. The predicted molar refractivity (Wildman–Crippen MR) is 49.9 cm³/mol. The molecule has 100 valence electrons. The van der Waals surface area contributed by atoms with E-state index in [1.54, 1.807) is 0 Å². The Morgan fingerprint density at radius 1 is 1.44 bits per heavy atom. The second-order valence-corrected chi connectivity index (χ2v) is 3.33. The van der Waals surface area contributed by atoms with Crippen LogP contribution in [0.5, 0.6) is 0 Å². The molecule has 0 aliphatic carbocycles. The number of rotatable bonds is 3. The molecule has 0 bridgehead atoms. The molecule has 0 aromatic carbocycles. The van der Waals surface area contributed by atoms with Gasteiger partial charge in [0.15, 0.2) is 0 Å². The van der Waals surface area contributed by atoms with E-state index in [0.717, 1.165) is 0 Å². The number of aromatic nitrogens is 1. The second-order valence-electron chi connectivity index (χ2n) is 3.33. The minimum absolute atomic E-state index is 0.110. The number of aliphatic carboxylic acids is 1. The molecule has 0 saturated carbocycles. The normalized spacial score (nSPS) is 11.9. The summed E-state index contributed by atoms with van der Waals surface area (Å²) in [5, 5.41) is 8.48. The molecule has 1 rings (SSSR count). The summed E-state index contributed by atoms with van der Waals surface area (Å²) in [7, 11) is 0. The summed E-state index contributed by atoms with van der Waals surface area (Å²) in [6.45, 7) is 0. The van der Waals surface area contributed by atoms with Crippen molar-refractivity contribution in [1.29, 1.82) is 0 Å². The van der Waals surface area contributed by atoms with Gasteiger partial charge in [0, 0.05) is 11.1 Å². The second kappa shape index (κ2) is 4.75. The van der Waals surface area contributed by atoms with Crippen LogP contribution >= 0.6 is 0 Å². The van der Waals surface area contributed by atoms with E-state index in [1.807, 2.05) is 0 Å². The molecule has 0 atom stereocenters. The number of nitrogen functional groups attached to an aromatic ring is 1. The minimum atomic E-state index is -4.93. The lowest BCUT2D eigenvalue weighted by molar-refractivity contribution is -0.141. The van der Waals surface area contributed by atoms with Crippen LogP contribution in [-0.4, -0.2) is 16.1 Å². The van der Waals surface area contributed by atoms with Gasteiger partial charge in [-0.05, 0) is 6.07 Å². The Hall–Kier alpha value is -1.93. The van der Waals surface area contributed by atoms with Gasteiger partial charge in [-0.3, -0.25) is 4.79 Å². The third-order valence-corrected chi connectivity index (χ3v) is 2.04. The van der Waals surface area contributed by atoms with Crippen molar-refractivity contribution in [2.75, 3.05) is 5.73 Å². The van der Waals surface area contributed by atoms with E-state index in [-0.39, 0.29) is 6.07 Å². The fourth-order valence-electron chi connectivity index (χ4n) is 1.30. The Balaban J connectivity index is 3.40. The van der Waals surface area contributed by atoms with Gasteiger partial charge in [0.2, 0.25) is 0 Å². The van der Waals surface area contributed by atoms with Crippen LogP contribution in [-0.2, 0) is 17.4 Å². The summed E-state index contributed by atoms with van der Waals surface area (Å²) < 4.78 is 62.1. The number of alkyl halides is 5. The molecular weight excluding hydrogens is 263 g/mol. The first kappa shape index (κ1) is 14.1. The molecule has 1 aromatic rings. The Bertz CT molecular complexity index is 473. The molecule has 1 aromatic heterocycles. The summed E-state index contributed by atoms with van der Waals surface area (Å²) >= 11 is 0. The summed E-state index contributed by atoms with van der Waals surface area (Å²) in [6, 6.07) is 0.110. The van der Waals surface area contributed by atoms with Crippen LogP contribution in [0.1, 0.15) is 23.2 Å². The number of pyridine rings is 1. The van der Waals surface area contributed by atoms with Gasteiger partial charge >= 0.3 is 12.1 Å². The number of nitrogens with two attached hydrogens (primary N) is 1. The average Bonchev–Trinajstić information content (AvgIpc) is 2.17. The quantitative estimate of drug-likeness (QED) is 0.826. The summed E-state index contributed by atoms with van der Waals surface area (Å²) in [5.74, 6) is -2.35. The molecule has 0 amide bonds. The highest BCUT2D eigenvalue weighted by Crippen LogP contribution is 2.34. The summed E-state index contributed by atoms with van der Waals surface area (Å²) in [5.41, 5.74) is 1.84. The maximum Gasteiger partial charge on any atom is 0.433 e. The lowest BCUT2D eigenvalue weighted by atomic mass is 10.0. The molecule has 4 nitrogen and oxygen atoms in total. The van der Waals surface area contributed by atoms with Crippen molar-refractivity contribution in [1.82, 2.24) is 4.98 Å². The van der Waals surface area contributed by atoms with Crippen LogP contribution in [0.3, 0.4) is 0 Å². The third kappa shape index (κ3) is 3.05. The number of nitrogens with zero attached hydrogens (tertiary/aromatic N) is 1. The third-order valence-electron chi connectivity index (χ3n) is 2.04. The number of carboxylic acid groups (broad SMARTS) is 1. The maximum absolute atomic E-state index is 12.6. The number of hydrogen-bond donors (Lipinski definition) is 2. The highest BCUT2D eigenvalue weighted by Gasteiger charge is 2.35. The number of carbonyl (C=O) groups is 1. The van der Waals surface area contributed by atoms with E-state index in [2.05, 4.69) is 4.98 Å². The first-order valence-electron chi connectivity index (χ1n) is 4.49. The van der Waals surface area contributed by atoms with Gasteiger partial charge in [-0.2, -0.15) is 13.2 Å². The lowest BCUT2D eigenvalue weighted by Crippen LogP contribution is -2.15. The zero-order chi connectivity index (χ0) is 14.1. The molecule has 0 unspecified atom stereocenters. The molecule has 3 N–H and O–H groups in total. The van der Waals surface area contributed by atoms with Crippen LogP contribution in [0.4, 0.5) is 27.8 Å². The number of anilines is 1. The van der Waals surface area contributed by atoms with Crippen molar-refractivity contribution >= 4 is 11.8 Å². The van der Waals surface area contributed by atoms with Crippen LogP contribution in [0.25, 0.3) is 0 Å². The molecule has 18 heavy (non-hydrogen) atoms. The maximum atomic E-state index is 12.6. The summed E-state index contributed by atoms with van der Waals surface area (Å²) in [6.07, 6.45) is -9.12. The van der Waals surface area contributed by atoms with Crippen LogP contribution in [0.2, 0.25) is 0 Å². The van der Waals surface area contributed by atoms with E-state index in [4.69, 9.17) is 10.8 Å². The van der Waals surface area contributed by atoms with Crippen molar-refractivity contribution in [3.8, 4) is 0 Å². The molecule has 9 heteroatoms. The van der Waals surface area contributed by atoms with E-state index in [0.29, 0.717) is 0 Å². The van der Waals surface area contributed by atoms with Gasteiger partial charge < -0.3 is 10.8 Å². The Morgan fingerprint density at radius 2 is 2.00 bits per heavy atom. The molecule has 1 heterocycles. The summed E-state index contributed by atoms with van der Waals surface area (Å²) in [4.78, 5) is 13.3. The highest BCUT2D eigenvalue weighted by molar-refractivity contribution is 5.73. The fraction of sp³-hybridized carbons (Fsp3) is 0.333. The predicted octanol–water partition coefficient (Wildman–Crippen LogP) is 2.25. The van der Waals surface area contributed by atoms with E-state index >= 15 is 0 Å². The zero-order valence-corrected chi connectivity index (χ0v) is 8.63. The van der Waals surface area contributed by atoms with E-state index < -0.39 is 47.6 Å². The average molecular weight is 270 g/mol. The Labute approximate surface area is 97.2 Å². The molecular formula is C9H7F5N2O2. The van der Waals surface area contributed by atoms with Crippen molar-refractivity contribution in [3.05, 3.63) is 22.9 Å². The molecule has 0 spiro atoms. The first-order chi connectivity index (χ1) is 8.12. The largest absolute Gasteiger partial charge is 0.481 e. The molecule has 0 fully saturated rings. The lowest BCUT2D eigenvalue weighted by Gasteiger charge is -2.13. The van der Waals surface area contributed by atoms with Crippen LogP contribution < -0.4 is 5.73 Å². The van der Waals surface area contributed by atoms with E-state index in [1.165, 1.54) is 0 Å².